The lowest BCUT2D eigenvalue weighted by Crippen LogP contribution is -2.18. The number of benzene rings is 1. The highest BCUT2D eigenvalue weighted by Crippen LogP contribution is 2.33. The van der Waals surface area contributed by atoms with Gasteiger partial charge in [-0.3, -0.25) is 4.74 Å². The molecule has 0 amide bonds. The molecule has 0 saturated heterocycles. The zero-order valence-corrected chi connectivity index (χ0v) is 9.54. The number of aliphatic hydroxyl groups excluding tert-OH is 1. The molecule has 0 aliphatic heterocycles. The van der Waals surface area contributed by atoms with E-state index in [9.17, 15) is 18.3 Å². The van der Waals surface area contributed by atoms with E-state index in [4.69, 9.17) is 4.74 Å². The molecule has 1 N–H and O–H groups in total. The van der Waals surface area contributed by atoms with Crippen LogP contribution in [0, 0.1) is 0 Å². The van der Waals surface area contributed by atoms with Crippen molar-refractivity contribution in [3.63, 3.8) is 0 Å². The number of hydrogen-bond acceptors (Lipinski definition) is 3. The molecule has 0 aromatic heterocycles. The number of ether oxygens (including phenoxy) is 2. The van der Waals surface area contributed by atoms with Crippen LogP contribution in [0.25, 0.3) is 0 Å². The molecule has 0 spiro atoms. The maximum atomic E-state index is 11.7. The summed E-state index contributed by atoms with van der Waals surface area (Å²) >= 11 is 0. The van der Waals surface area contributed by atoms with Crippen molar-refractivity contribution < 1.29 is 27.8 Å². The third-order valence-electron chi connectivity index (χ3n) is 2.78. The lowest BCUT2D eigenvalue weighted by Gasteiger charge is -2.10. The van der Waals surface area contributed by atoms with Crippen molar-refractivity contribution in [2.75, 3.05) is 13.2 Å². The topological polar surface area (TPSA) is 38.7 Å². The fraction of sp³-hybridized carbons (Fsp3) is 0.500. The van der Waals surface area contributed by atoms with Gasteiger partial charge in [-0.2, -0.15) is 0 Å². The van der Waals surface area contributed by atoms with Gasteiger partial charge >= 0.3 is 6.36 Å². The smallest absolute Gasteiger partial charge is 0.491 e. The van der Waals surface area contributed by atoms with E-state index in [1.165, 1.54) is 0 Å². The Bertz CT molecular complexity index is 418. The van der Waals surface area contributed by atoms with Gasteiger partial charge in [0.25, 0.3) is 0 Å². The van der Waals surface area contributed by atoms with E-state index in [-0.39, 0.29) is 6.61 Å². The van der Waals surface area contributed by atoms with Crippen LogP contribution in [0.5, 0.6) is 5.75 Å². The fourth-order valence-electron chi connectivity index (χ4n) is 1.98. The average Bonchev–Trinajstić information content (AvgIpc) is 2.65. The van der Waals surface area contributed by atoms with Crippen LogP contribution in [0.1, 0.15) is 23.7 Å². The van der Waals surface area contributed by atoms with Crippen LogP contribution in [-0.4, -0.2) is 24.7 Å². The zero-order chi connectivity index (χ0) is 13.2. The zero-order valence-electron chi connectivity index (χ0n) is 9.54. The molecule has 3 nitrogen and oxygen atoms in total. The molecule has 0 saturated carbocycles. The molecule has 0 heterocycles. The first-order chi connectivity index (χ1) is 8.46. The molecule has 1 aliphatic rings. The largest absolute Gasteiger partial charge is 0.522 e. The van der Waals surface area contributed by atoms with Gasteiger partial charge in [-0.05, 0) is 36.1 Å². The molecule has 1 aromatic carbocycles. The molecule has 6 heteroatoms. The first-order valence-corrected chi connectivity index (χ1v) is 5.60. The van der Waals surface area contributed by atoms with Gasteiger partial charge in [-0.25, -0.2) is 0 Å². The minimum Gasteiger partial charge on any atom is -0.491 e. The molecule has 0 bridgehead atoms. The van der Waals surface area contributed by atoms with Crippen molar-refractivity contribution in [1.29, 1.82) is 0 Å². The van der Waals surface area contributed by atoms with Crippen LogP contribution in [-0.2, 0) is 11.2 Å². The second kappa shape index (κ2) is 5.16. The number of fused-ring (bicyclic) bond motifs is 1. The van der Waals surface area contributed by atoms with E-state index < -0.39 is 19.1 Å². The van der Waals surface area contributed by atoms with Gasteiger partial charge in [0.2, 0.25) is 0 Å². The van der Waals surface area contributed by atoms with Crippen molar-refractivity contribution in [3.8, 4) is 5.75 Å². The average molecular weight is 262 g/mol. The molecule has 0 radical (unpaired) electrons. The van der Waals surface area contributed by atoms with Crippen LogP contribution < -0.4 is 4.74 Å². The predicted octanol–water partition coefficient (Wildman–Crippen LogP) is 2.58. The number of aryl methyl sites for hydroxylation is 1. The Morgan fingerprint density at radius 3 is 2.78 bits per heavy atom. The lowest BCUT2D eigenvalue weighted by atomic mass is 10.1. The SMILES string of the molecule is OC1CCc2cc(OCCOC(F)(F)F)ccc21. The minimum absolute atomic E-state index is 0.166. The molecule has 1 unspecified atom stereocenters. The summed E-state index contributed by atoms with van der Waals surface area (Å²) in [5.74, 6) is 0.494. The predicted molar refractivity (Wildman–Crippen MR) is 57.2 cm³/mol. The Labute approximate surface area is 102 Å². The third-order valence-corrected chi connectivity index (χ3v) is 2.78. The van der Waals surface area contributed by atoms with Crippen LogP contribution in [0.4, 0.5) is 13.2 Å². The summed E-state index contributed by atoms with van der Waals surface area (Å²) in [7, 11) is 0. The Balaban J connectivity index is 1.84. The number of halogens is 3. The van der Waals surface area contributed by atoms with Gasteiger partial charge in [-0.1, -0.05) is 6.07 Å². The molecule has 1 aromatic rings. The molecular formula is C12H13F3O3. The first kappa shape index (κ1) is 13.2. The van der Waals surface area contributed by atoms with E-state index >= 15 is 0 Å². The summed E-state index contributed by atoms with van der Waals surface area (Å²) in [5, 5.41) is 9.59. The van der Waals surface area contributed by atoms with Crippen molar-refractivity contribution in [2.45, 2.75) is 25.3 Å². The molecule has 1 atom stereocenters. The van der Waals surface area contributed by atoms with E-state index in [2.05, 4.69) is 4.74 Å². The number of hydrogen-bond donors (Lipinski definition) is 1. The lowest BCUT2D eigenvalue weighted by molar-refractivity contribution is -0.325. The van der Waals surface area contributed by atoms with Crippen LogP contribution in [0.3, 0.4) is 0 Å². The quantitative estimate of drug-likeness (QED) is 0.848. The highest BCUT2D eigenvalue weighted by Gasteiger charge is 2.28. The van der Waals surface area contributed by atoms with Crippen molar-refractivity contribution in [1.82, 2.24) is 0 Å². The van der Waals surface area contributed by atoms with Gasteiger partial charge in [0, 0.05) is 0 Å². The van der Waals surface area contributed by atoms with Gasteiger partial charge in [-0.15, -0.1) is 13.2 Å². The normalized spacial score (nSPS) is 18.8. The van der Waals surface area contributed by atoms with E-state index in [0.29, 0.717) is 12.2 Å². The van der Waals surface area contributed by atoms with Gasteiger partial charge in [0.1, 0.15) is 12.4 Å². The molecule has 100 valence electrons. The van der Waals surface area contributed by atoms with E-state index in [0.717, 1.165) is 17.5 Å². The number of aliphatic hydroxyl groups is 1. The summed E-state index contributed by atoms with van der Waals surface area (Å²) in [6.07, 6.45) is -3.63. The van der Waals surface area contributed by atoms with Crippen LogP contribution in [0.15, 0.2) is 18.2 Å². The fourth-order valence-corrected chi connectivity index (χ4v) is 1.98. The molecule has 1 aliphatic carbocycles. The molecule has 0 fully saturated rings. The minimum atomic E-state index is -4.62. The summed E-state index contributed by atoms with van der Waals surface area (Å²) in [6, 6.07) is 5.13. The monoisotopic (exact) mass is 262 g/mol. The van der Waals surface area contributed by atoms with E-state index in [1.807, 2.05) is 0 Å². The maximum Gasteiger partial charge on any atom is 0.522 e. The Hall–Kier alpha value is -1.27. The Morgan fingerprint density at radius 2 is 2.06 bits per heavy atom. The summed E-state index contributed by atoms with van der Waals surface area (Å²) < 4.78 is 43.8. The van der Waals surface area contributed by atoms with Gasteiger partial charge < -0.3 is 9.84 Å². The standard InChI is InChI=1S/C12H13F3O3/c13-12(14,15)18-6-5-17-9-2-3-10-8(7-9)1-4-11(10)16/h2-3,7,11,16H,1,4-6H2. The van der Waals surface area contributed by atoms with Gasteiger partial charge in [0.15, 0.2) is 0 Å². The van der Waals surface area contributed by atoms with E-state index in [1.54, 1.807) is 18.2 Å². The second-order valence-corrected chi connectivity index (χ2v) is 4.06. The highest BCUT2D eigenvalue weighted by atomic mass is 19.4. The van der Waals surface area contributed by atoms with Crippen molar-refractivity contribution in [3.05, 3.63) is 29.3 Å². The summed E-state index contributed by atoms with van der Waals surface area (Å²) in [4.78, 5) is 0. The molecular weight excluding hydrogens is 249 g/mol. The number of alkyl halides is 3. The van der Waals surface area contributed by atoms with Crippen LogP contribution in [0.2, 0.25) is 0 Å². The first-order valence-electron chi connectivity index (χ1n) is 5.60. The van der Waals surface area contributed by atoms with Crippen molar-refractivity contribution in [2.24, 2.45) is 0 Å². The summed E-state index contributed by atoms with van der Waals surface area (Å²) in [6.45, 7) is -0.704. The maximum absolute atomic E-state index is 11.7. The molecule has 18 heavy (non-hydrogen) atoms. The highest BCUT2D eigenvalue weighted by molar-refractivity contribution is 5.39. The van der Waals surface area contributed by atoms with Crippen molar-refractivity contribution >= 4 is 0 Å². The Kier molecular flexibility index (Phi) is 3.77. The molecule has 2 rings (SSSR count). The number of rotatable bonds is 4. The summed E-state index contributed by atoms with van der Waals surface area (Å²) in [5.41, 5.74) is 1.85. The third kappa shape index (κ3) is 3.36. The van der Waals surface area contributed by atoms with Gasteiger partial charge in [0.05, 0.1) is 12.7 Å². The Morgan fingerprint density at radius 1 is 1.28 bits per heavy atom. The second-order valence-electron chi connectivity index (χ2n) is 4.06. The van der Waals surface area contributed by atoms with Crippen LogP contribution >= 0.6 is 0 Å².